The first-order valence-corrected chi connectivity index (χ1v) is 7.37. The zero-order chi connectivity index (χ0) is 17.7. The zero-order valence-corrected chi connectivity index (χ0v) is 14.0. The first-order chi connectivity index (χ1) is 10.9. The average molecular weight is 326 g/mol. The summed E-state index contributed by atoms with van der Waals surface area (Å²) in [5.74, 6) is -1.09. The van der Waals surface area contributed by atoms with E-state index >= 15 is 0 Å². The normalized spacial score (nSPS) is 11.2. The van der Waals surface area contributed by atoms with Gasteiger partial charge in [0.15, 0.2) is 6.10 Å². The standard InChI is InChI=1S/C17H26O6/c1-6-20-9-7-8-10-21-11-15(23-17(19)14(4)5)12-22-16(18)13(2)3/h6,15H,1-2,4,7-12H2,3,5H3. The highest BCUT2D eigenvalue weighted by Crippen LogP contribution is 2.04. The van der Waals surface area contributed by atoms with Gasteiger partial charge in [0.25, 0.3) is 0 Å². The lowest BCUT2D eigenvalue weighted by Crippen LogP contribution is -2.30. The minimum Gasteiger partial charge on any atom is -0.502 e. The predicted molar refractivity (Wildman–Crippen MR) is 86.7 cm³/mol. The molecule has 1 atom stereocenters. The zero-order valence-electron chi connectivity index (χ0n) is 14.0. The monoisotopic (exact) mass is 326 g/mol. The quantitative estimate of drug-likeness (QED) is 0.224. The van der Waals surface area contributed by atoms with Crippen LogP contribution < -0.4 is 0 Å². The van der Waals surface area contributed by atoms with Crippen molar-refractivity contribution in [3.8, 4) is 0 Å². The Morgan fingerprint density at radius 2 is 1.61 bits per heavy atom. The van der Waals surface area contributed by atoms with Crippen LogP contribution in [0.2, 0.25) is 0 Å². The van der Waals surface area contributed by atoms with Gasteiger partial charge in [0.05, 0.1) is 19.5 Å². The number of hydrogen-bond acceptors (Lipinski definition) is 6. The van der Waals surface area contributed by atoms with Crippen LogP contribution >= 0.6 is 0 Å². The maximum Gasteiger partial charge on any atom is 0.333 e. The van der Waals surface area contributed by atoms with Crippen molar-refractivity contribution in [3.63, 3.8) is 0 Å². The molecule has 0 spiro atoms. The van der Waals surface area contributed by atoms with E-state index in [1.807, 2.05) is 0 Å². The van der Waals surface area contributed by atoms with Crippen molar-refractivity contribution in [2.24, 2.45) is 0 Å². The maximum absolute atomic E-state index is 11.6. The van der Waals surface area contributed by atoms with Gasteiger partial charge in [-0.25, -0.2) is 9.59 Å². The fraction of sp³-hybridized carbons (Fsp3) is 0.529. The summed E-state index contributed by atoms with van der Waals surface area (Å²) in [5.41, 5.74) is 0.543. The Hall–Kier alpha value is -2.08. The lowest BCUT2D eigenvalue weighted by molar-refractivity contribution is -0.157. The predicted octanol–water partition coefficient (Wildman–Crippen LogP) is 2.55. The van der Waals surface area contributed by atoms with Gasteiger partial charge in [0, 0.05) is 17.8 Å². The molecule has 1 unspecified atom stereocenters. The molecule has 6 nitrogen and oxygen atoms in total. The fourth-order valence-corrected chi connectivity index (χ4v) is 1.35. The molecule has 0 aromatic heterocycles. The van der Waals surface area contributed by atoms with Crippen LogP contribution in [0.5, 0.6) is 0 Å². The van der Waals surface area contributed by atoms with Gasteiger partial charge in [-0.15, -0.1) is 0 Å². The maximum atomic E-state index is 11.6. The Bertz CT molecular complexity index is 427. The Balaban J connectivity index is 4.18. The number of carbonyl (C=O) groups excluding carboxylic acids is 2. The van der Waals surface area contributed by atoms with E-state index in [9.17, 15) is 9.59 Å². The van der Waals surface area contributed by atoms with E-state index in [0.29, 0.717) is 13.2 Å². The molecule has 0 aliphatic rings. The molecule has 0 heterocycles. The molecule has 0 radical (unpaired) electrons. The second-order valence-corrected chi connectivity index (χ2v) is 5.01. The van der Waals surface area contributed by atoms with Crippen molar-refractivity contribution >= 4 is 11.9 Å². The van der Waals surface area contributed by atoms with Crippen molar-refractivity contribution in [2.75, 3.05) is 26.4 Å². The first-order valence-electron chi connectivity index (χ1n) is 7.37. The Morgan fingerprint density at radius 1 is 1.00 bits per heavy atom. The van der Waals surface area contributed by atoms with Gasteiger partial charge in [0.2, 0.25) is 0 Å². The highest BCUT2D eigenvalue weighted by molar-refractivity contribution is 5.87. The van der Waals surface area contributed by atoms with Crippen molar-refractivity contribution in [2.45, 2.75) is 32.8 Å². The molecule has 0 fully saturated rings. The van der Waals surface area contributed by atoms with E-state index in [4.69, 9.17) is 18.9 Å². The summed E-state index contributed by atoms with van der Waals surface area (Å²) < 4.78 is 20.6. The molecule has 6 heteroatoms. The number of esters is 2. The first kappa shape index (κ1) is 20.9. The SMILES string of the molecule is C=COCCCCOCC(COC(=O)C(=C)C)OC(=O)C(=C)C. The van der Waals surface area contributed by atoms with Gasteiger partial charge in [-0.1, -0.05) is 19.7 Å². The Labute approximate surface area is 137 Å². The van der Waals surface area contributed by atoms with Crippen LogP contribution in [0, 0.1) is 0 Å². The molecule has 0 rings (SSSR count). The topological polar surface area (TPSA) is 71.1 Å². The number of hydrogen-bond donors (Lipinski definition) is 0. The van der Waals surface area contributed by atoms with E-state index in [1.54, 1.807) is 13.8 Å². The lowest BCUT2D eigenvalue weighted by atomic mass is 10.3. The molecule has 0 saturated carbocycles. The average Bonchev–Trinajstić information content (AvgIpc) is 2.50. The molecule has 130 valence electrons. The molecule has 0 amide bonds. The van der Waals surface area contributed by atoms with Crippen LogP contribution in [0.4, 0.5) is 0 Å². The largest absolute Gasteiger partial charge is 0.502 e. The Kier molecular flexibility index (Phi) is 11.3. The third kappa shape index (κ3) is 11.2. The Morgan fingerprint density at radius 3 is 2.17 bits per heavy atom. The summed E-state index contributed by atoms with van der Waals surface area (Å²) in [6.45, 7) is 14.6. The second-order valence-electron chi connectivity index (χ2n) is 5.01. The van der Waals surface area contributed by atoms with Crippen molar-refractivity contribution in [1.82, 2.24) is 0 Å². The van der Waals surface area contributed by atoms with E-state index in [2.05, 4.69) is 19.7 Å². The minimum absolute atomic E-state index is 0.0930. The van der Waals surface area contributed by atoms with E-state index < -0.39 is 18.0 Å². The summed E-state index contributed by atoms with van der Waals surface area (Å²) in [4.78, 5) is 23.0. The van der Waals surface area contributed by atoms with Crippen molar-refractivity contribution < 1.29 is 28.5 Å². The van der Waals surface area contributed by atoms with E-state index in [-0.39, 0.29) is 24.4 Å². The molecule has 0 saturated heterocycles. The molecular weight excluding hydrogens is 300 g/mol. The van der Waals surface area contributed by atoms with Crippen LogP contribution in [-0.4, -0.2) is 44.5 Å². The van der Waals surface area contributed by atoms with Crippen LogP contribution in [0.15, 0.2) is 37.1 Å². The third-order valence-electron chi connectivity index (χ3n) is 2.59. The molecule has 0 aromatic carbocycles. The fourth-order valence-electron chi connectivity index (χ4n) is 1.35. The molecule has 0 aliphatic heterocycles. The summed E-state index contributed by atoms with van der Waals surface area (Å²) in [7, 11) is 0. The molecule has 0 aromatic rings. The van der Waals surface area contributed by atoms with Crippen LogP contribution in [0.25, 0.3) is 0 Å². The molecule has 0 bridgehead atoms. The minimum atomic E-state index is -0.688. The van der Waals surface area contributed by atoms with Gasteiger partial charge in [-0.2, -0.15) is 0 Å². The molecule has 23 heavy (non-hydrogen) atoms. The third-order valence-corrected chi connectivity index (χ3v) is 2.59. The van der Waals surface area contributed by atoms with Gasteiger partial charge in [0.1, 0.15) is 6.61 Å². The number of rotatable bonds is 13. The summed E-state index contributed by atoms with van der Waals surface area (Å²) in [6, 6.07) is 0. The molecule has 0 N–H and O–H groups in total. The summed E-state index contributed by atoms with van der Waals surface area (Å²) in [6.07, 6.45) is 2.32. The molecular formula is C17H26O6. The highest BCUT2D eigenvalue weighted by atomic mass is 16.6. The van der Waals surface area contributed by atoms with Gasteiger partial charge in [-0.05, 0) is 26.7 Å². The van der Waals surface area contributed by atoms with Crippen molar-refractivity contribution in [1.29, 1.82) is 0 Å². The number of unbranched alkanes of at least 4 members (excludes halogenated alkanes) is 1. The smallest absolute Gasteiger partial charge is 0.333 e. The van der Waals surface area contributed by atoms with Gasteiger partial charge in [-0.3, -0.25) is 0 Å². The second kappa shape index (κ2) is 12.5. The van der Waals surface area contributed by atoms with Gasteiger partial charge >= 0.3 is 11.9 Å². The van der Waals surface area contributed by atoms with E-state index in [0.717, 1.165) is 12.8 Å². The van der Waals surface area contributed by atoms with Crippen LogP contribution in [0.1, 0.15) is 26.7 Å². The number of carbonyl (C=O) groups is 2. The number of ether oxygens (including phenoxy) is 4. The summed E-state index contributed by atoms with van der Waals surface area (Å²) in [5, 5.41) is 0. The van der Waals surface area contributed by atoms with Crippen LogP contribution in [-0.2, 0) is 28.5 Å². The van der Waals surface area contributed by atoms with Gasteiger partial charge < -0.3 is 18.9 Å². The van der Waals surface area contributed by atoms with Crippen LogP contribution in [0.3, 0.4) is 0 Å². The lowest BCUT2D eigenvalue weighted by Gasteiger charge is -2.18. The highest BCUT2D eigenvalue weighted by Gasteiger charge is 2.18. The van der Waals surface area contributed by atoms with Crippen molar-refractivity contribution in [3.05, 3.63) is 37.1 Å². The summed E-state index contributed by atoms with van der Waals surface area (Å²) >= 11 is 0. The molecule has 0 aliphatic carbocycles. The van der Waals surface area contributed by atoms with E-state index in [1.165, 1.54) is 6.26 Å².